The van der Waals surface area contributed by atoms with Gasteiger partial charge >= 0.3 is 100 Å². The quantitative estimate of drug-likeness (QED) is 0.229. The molecule has 9 heteroatoms. The first-order valence-electron chi connectivity index (χ1n) is 3.97. The molecule has 0 aliphatic carbocycles. The SMILES string of the molecule is Cc1cc(=O)[nH]c(NC(=O)N[I-]N=C=O)n1. The van der Waals surface area contributed by atoms with E-state index in [1.54, 1.807) is 6.92 Å². The fraction of sp³-hybridized carbons (Fsp3) is 0.143. The molecule has 86 valence electrons. The van der Waals surface area contributed by atoms with Crippen LogP contribution in [0, 0.1) is 6.92 Å². The number of halogens is 1. The van der Waals surface area contributed by atoms with Crippen molar-refractivity contribution in [1.82, 2.24) is 13.5 Å². The summed E-state index contributed by atoms with van der Waals surface area (Å²) in [7, 11) is 0. The van der Waals surface area contributed by atoms with E-state index in [9.17, 15) is 14.4 Å². The van der Waals surface area contributed by atoms with Crippen molar-refractivity contribution in [3.8, 4) is 0 Å². The molecule has 8 nitrogen and oxygen atoms in total. The topological polar surface area (TPSA) is 116 Å². The van der Waals surface area contributed by atoms with Crippen LogP contribution in [-0.2, 0) is 4.79 Å². The molecule has 0 fully saturated rings. The summed E-state index contributed by atoms with van der Waals surface area (Å²) in [5.41, 5.74) is 0.128. The normalized spacial score (nSPS) is 9.31. The van der Waals surface area contributed by atoms with Gasteiger partial charge in [0.15, 0.2) is 0 Å². The molecule has 0 aromatic carbocycles. The summed E-state index contributed by atoms with van der Waals surface area (Å²) in [4.78, 5) is 38.1. The maximum atomic E-state index is 11.2. The number of nitrogens with zero attached hydrogens (tertiary/aromatic N) is 2. The van der Waals surface area contributed by atoms with Crippen LogP contribution in [0.5, 0.6) is 0 Å². The van der Waals surface area contributed by atoms with Crippen LogP contribution in [0.2, 0.25) is 0 Å². The number of urea groups is 1. The van der Waals surface area contributed by atoms with E-state index in [1.165, 1.54) is 12.1 Å². The van der Waals surface area contributed by atoms with E-state index in [-0.39, 0.29) is 11.5 Å². The number of anilines is 1. The molecule has 1 heterocycles. The molecule has 3 N–H and O–H groups in total. The Labute approximate surface area is 101 Å². The maximum absolute atomic E-state index is 11.2. The molecular formula is C7H7IN5O3-. The standard InChI is InChI=1S/C7H7IN5O3/c1-4-2-5(15)11-6(10-4)12-7(16)13-8-9-3-14/h2H,1H3,(H3,10,11,12,13,15,16)/q-1. The molecule has 1 rings (SSSR count). The Hall–Kier alpha value is -1.74. The number of rotatable bonds is 3. The molecule has 0 unspecified atom stereocenters. The van der Waals surface area contributed by atoms with Crippen LogP contribution in [0.3, 0.4) is 0 Å². The number of carbonyl (C=O) groups is 1. The second-order valence-corrected chi connectivity index (χ2v) is 4.05. The minimum atomic E-state index is -1.11. The van der Waals surface area contributed by atoms with Crippen LogP contribution in [0.25, 0.3) is 0 Å². The van der Waals surface area contributed by atoms with Gasteiger partial charge in [0.25, 0.3) is 0 Å². The van der Waals surface area contributed by atoms with Gasteiger partial charge < -0.3 is 0 Å². The summed E-state index contributed by atoms with van der Waals surface area (Å²) in [6, 6.07) is 0.715. The van der Waals surface area contributed by atoms with Crippen molar-refractivity contribution in [3.63, 3.8) is 0 Å². The zero-order valence-electron chi connectivity index (χ0n) is 8.07. The number of carbonyl (C=O) groups excluding carboxylic acids is 2. The predicted molar refractivity (Wildman–Crippen MR) is 49.9 cm³/mol. The molecule has 0 aliphatic heterocycles. The van der Waals surface area contributed by atoms with Gasteiger partial charge in [0.05, 0.1) is 0 Å². The molecule has 0 saturated heterocycles. The van der Waals surface area contributed by atoms with Gasteiger partial charge in [-0.25, -0.2) is 0 Å². The average molecular weight is 336 g/mol. The summed E-state index contributed by atoms with van der Waals surface area (Å²) in [5.74, 6) is 0.0431. The van der Waals surface area contributed by atoms with E-state index in [1.807, 2.05) is 0 Å². The molecule has 0 bridgehead atoms. The van der Waals surface area contributed by atoms with Crippen molar-refractivity contribution < 1.29 is 31.3 Å². The van der Waals surface area contributed by atoms with Gasteiger partial charge in [0.2, 0.25) is 0 Å². The Bertz CT molecular complexity index is 493. The molecule has 0 aliphatic rings. The molecule has 0 radical (unpaired) electrons. The second-order valence-electron chi connectivity index (χ2n) is 2.54. The third-order valence-electron chi connectivity index (χ3n) is 1.31. The zero-order chi connectivity index (χ0) is 12.0. The molecular weight excluding hydrogens is 329 g/mol. The molecule has 0 saturated carbocycles. The third kappa shape index (κ3) is 4.19. The fourth-order valence-corrected chi connectivity index (χ4v) is 1.42. The summed E-state index contributed by atoms with van der Waals surface area (Å²) in [6.45, 7) is 1.63. The van der Waals surface area contributed by atoms with Crippen LogP contribution in [-0.4, -0.2) is 22.1 Å². The molecule has 1 aromatic rings. The number of isocyanates is 1. The summed E-state index contributed by atoms with van der Waals surface area (Å²) in [6.07, 6.45) is 1.31. The Balaban J connectivity index is 2.62. The van der Waals surface area contributed by atoms with E-state index in [0.29, 0.717) is 5.69 Å². The van der Waals surface area contributed by atoms with Crippen LogP contribution >= 0.6 is 0 Å². The first kappa shape index (κ1) is 12.3. The van der Waals surface area contributed by atoms with Gasteiger partial charge in [-0.2, -0.15) is 0 Å². The van der Waals surface area contributed by atoms with Crippen molar-refractivity contribution in [2.45, 2.75) is 6.92 Å². The van der Waals surface area contributed by atoms with Crippen molar-refractivity contribution in [3.05, 3.63) is 22.1 Å². The van der Waals surface area contributed by atoms with E-state index in [0.717, 1.165) is 0 Å². The molecule has 0 atom stereocenters. The van der Waals surface area contributed by atoms with Crippen LogP contribution < -0.4 is 36.2 Å². The monoisotopic (exact) mass is 336 g/mol. The second kappa shape index (κ2) is 5.98. The van der Waals surface area contributed by atoms with Gasteiger partial charge in [0.1, 0.15) is 0 Å². The van der Waals surface area contributed by atoms with Gasteiger partial charge in [0, 0.05) is 0 Å². The van der Waals surface area contributed by atoms with E-state index in [4.69, 9.17) is 0 Å². The number of aromatic amines is 1. The Morgan fingerprint density at radius 1 is 1.69 bits per heavy atom. The van der Waals surface area contributed by atoms with Gasteiger partial charge in [-0.15, -0.1) is 0 Å². The van der Waals surface area contributed by atoms with Gasteiger partial charge in [-0.1, -0.05) is 0 Å². The molecule has 2 amide bonds. The predicted octanol–water partition coefficient (Wildman–Crippen LogP) is -3.55. The van der Waals surface area contributed by atoms with Crippen LogP contribution in [0.1, 0.15) is 5.69 Å². The number of aryl methyl sites for hydroxylation is 1. The van der Waals surface area contributed by atoms with Crippen LogP contribution in [0.4, 0.5) is 10.7 Å². The number of aromatic nitrogens is 2. The van der Waals surface area contributed by atoms with E-state index >= 15 is 0 Å². The number of H-pyrrole nitrogens is 1. The summed E-state index contributed by atoms with van der Waals surface area (Å²) >= 11 is -1.11. The Morgan fingerprint density at radius 2 is 2.44 bits per heavy atom. The molecule has 1 aromatic heterocycles. The van der Waals surface area contributed by atoms with Gasteiger partial charge in [-0.3, -0.25) is 0 Å². The zero-order valence-corrected chi connectivity index (χ0v) is 10.2. The van der Waals surface area contributed by atoms with Crippen molar-refractivity contribution in [2.24, 2.45) is 3.21 Å². The number of nitrogens with one attached hydrogen (secondary N) is 3. The van der Waals surface area contributed by atoms with Crippen molar-refractivity contribution in [2.75, 3.05) is 5.32 Å². The summed E-state index contributed by atoms with van der Waals surface area (Å²) in [5, 5.41) is 2.30. The molecule has 16 heavy (non-hydrogen) atoms. The van der Waals surface area contributed by atoms with Crippen LogP contribution in [0.15, 0.2) is 14.1 Å². The average Bonchev–Trinajstić information content (AvgIpc) is 2.16. The van der Waals surface area contributed by atoms with E-state index in [2.05, 4.69) is 22.0 Å². The number of amides is 2. The van der Waals surface area contributed by atoms with E-state index < -0.39 is 27.8 Å². The van der Waals surface area contributed by atoms with Gasteiger partial charge in [-0.05, 0) is 0 Å². The first-order chi connectivity index (χ1) is 7.61. The Kier molecular flexibility index (Phi) is 4.61. The van der Waals surface area contributed by atoms with Crippen molar-refractivity contribution >= 4 is 18.1 Å². The first-order valence-corrected chi connectivity index (χ1v) is 6.01. The van der Waals surface area contributed by atoms with Crippen molar-refractivity contribution in [1.29, 1.82) is 0 Å². The number of hydrogen-bond acceptors (Lipinski definition) is 5. The third-order valence-corrected chi connectivity index (χ3v) is 2.48. The molecule has 0 spiro atoms. The Morgan fingerprint density at radius 3 is 3.06 bits per heavy atom. The fourth-order valence-electron chi connectivity index (χ4n) is 0.846. The summed E-state index contributed by atoms with van der Waals surface area (Å²) < 4.78 is 5.57. The minimum absolute atomic E-state index is 0.0431. The number of hydrogen-bond donors (Lipinski definition) is 3.